The van der Waals surface area contributed by atoms with Crippen molar-refractivity contribution in [3.63, 3.8) is 0 Å². The molecule has 1 N–H and O–H groups in total. The van der Waals surface area contributed by atoms with Crippen molar-refractivity contribution in [1.29, 1.82) is 5.26 Å². The highest BCUT2D eigenvalue weighted by Crippen LogP contribution is 2.18. The molecule has 1 aromatic rings. The molecule has 0 saturated carbocycles. The third-order valence-corrected chi connectivity index (χ3v) is 3.77. The van der Waals surface area contributed by atoms with Gasteiger partial charge in [0.05, 0.1) is 12.7 Å². The lowest BCUT2D eigenvalue weighted by Gasteiger charge is -2.21. The molecule has 20 heavy (non-hydrogen) atoms. The van der Waals surface area contributed by atoms with E-state index in [9.17, 15) is 0 Å². The SMILES string of the molecule is COc1ccc(CNC(C)CN2CCCC2)cc1C#N. The fraction of sp³-hybridized carbons (Fsp3) is 0.562. The van der Waals surface area contributed by atoms with Crippen molar-refractivity contribution in [3.8, 4) is 11.8 Å². The lowest BCUT2D eigenvalue weighted by Crippen LogP contribution is -2.37. The van der Waals surface area contributed by atoms with Gasteiger partial charge < -0.3 is 15.0 Å². The van der Waals surface area contributed by atoms with Crippen molar-refractivity contribution in [3.05, 3.63) is 29.3 Å². The van der Waals surface area contributed by atoms with Crippen LogP contribution in [-0.4, -0.2) is 37.7 Å². The highest BCUT2D eigenvalue weighted by molar-refractivity contribution is 5.45. The summed E-state index contributed by atoms with van der Waals surface area (Å²) in [5.74, 6) is 0.640. The van der Waals surface area contributed by atoms with Crippen molar-refractivity contribution in [1.82, 2.24) is 10.2 Å². The van der Waals surface area contributed by atoms with Crippen molar-refractivity contribution in [2.24, 2.45) is 0 Å². The van der Waals surface area contributed by atoms with Crippen LogP contribution in [0.15, 0.2) is 18.2 Å². The Morgan fingerprint density at radius 3 is 2.80 bits per heavy atom. The molecule has 4 heteroatoms. The van der Waals surface area contributed by atoms with E-state index in [0.717, 1.165) is 18.7 Å². The van der Waals surface area contributed by atoms with E-state index in [4.69, 9.17) is 10.00 Å². The maximum absolute atomic E-state index is 9.08. The second-order valence-corrected chi connectivity index (χ2v) is 5.44. The molecule has 0 radical (unpaired) electrons. The first-order chi connectivity index (χ1) is 9.72. The molecule has 0 aromatic heterocycles. The number of benzene rings is 1. The zero-order valence-electron chi connectivity index (χ0n) is 12.4. The van der Waals surface area contributed by atoms with Crippen LogP contribution in [0.3, 0.4) is 0 Å². The topological polar surface area (TPSA) is 48.3 Å². The van der Waals surface area contributed by atoms with E-state index < -0.39 is 0 Å². The van der Waals surface area contributed by atoms with Gasteiger partial charge >= 0.3 is 0 Å². The van der Waals surface area contributed by atoms with Crippen LogP contribution < -0.4 is 10.1 Å². The summed E-state index contributed by atoms with van der Waals surface area (Å²) in [6.07, 6.45) is 2.66. The number of nitrogens with one attached hydrogen (secondary N) is 1. The van der Waals surface area contributed by atoms with Crippen molar-refractivity contribution >= 4 is 0 Å². The van der Waals surface area contributed by atoms with E-state index in [1.807, 2.05) is 18.2 Å². The van der Waals surface area contributed by atoms with Crippen molar-refractivity contribution < 1.29 is 4.74 Å². The number of hydrogen-bond donors (Lipinski definition) is 1. The van der Waals surface area contributed by atoms with Gasteiger partial charge in [-0.1, -0.05) is 6.07 Å². The first-order valence-corrected chi connectivity index (χ1v) is 7.25. The van der Waals surface area contributed by atoms with E-state index in [2.05, 4.69) is 23.2 Å². The standard InChI is InChI=1S/C16H23N3O/c1-13(12-19-7-3-4-8-19)18-11-14-5-6-16(20-2)15(9-14)10-17/h5-6,9,13,18H,3-4,7-8,11-12H2,1-2H3. The predicted octanol–water partition coefficient (Wildman–Crippen LogP) is 2.14. The van der Waals surface area contributed by atoms with Gasteiger partial charge in [-0.05, 0) is 50.6 Å². The fourth-order valence-corrected chi connectivity index (χ4v) is 2.66. The summed E-state index contributed by atoms with van der Waals surface area (Å²) in [5, 5.41) is 12.6. The number of hydrogen-bond acceptors (Lipinski definition) is 4. The monoisotopic (exact) mass is 273 g/mol. The first-order valence-electron chi connectivity index (χ1n) is 7.25. The molecule has 1 aromatic carbocycles. The van der Waals surface area contributed by atoms with Crippen LogP contribution in [0.25, 0.3) is 0 Å². The Bertz CT molecular complexity index is 475. The van der Waals surface area contributed by atoms with Crippen LogP contribution in [0.5, 0.6) is 5.75 Å². The summed E-state index contributed by atoms with van der Waals surface area (Å²) >= 11 is 0. The molecule has 1 heterocycles. The van der Waals surface area contributed by atoms with E-state index in [1.165, 1.54) is 25.9 Å². The van der Waals surface area contributed by atoms with Gasteiger partial charge in [0.25, 0.3) is 0 Å². The molecule has 4 nitrogen and oxygen atoms in total. The van der Waals surface area contributed by atoms with E-state index in [1.54, 1.807) is 7.11 Å². The molecular formula is C16H23N3O. The molecule has 0 amide bonds. The minimum Gasteiger partial charge on any atom is -0.495 e. The molecule has 1 fully saturated rings. The van der Waals surface area contributed by atoms with Crippen LogP contribution in [0.1, 0.15) is 30.9 Å². The fourth-order valence-electron chi connectivity index (χ4n) is 2.66. The summed E-state index contributed by atoms with van der Waals surface area (Å²) in [4.78, 5) is 2.51. The van der Waals surface area contributed by atoms with Gasteiger partial charge in [-0.15, -0.1) is 0 Å². The molecule has 1 aliphatic rings. The van der Waals surface area contributed by atoms with Crippen molar-refractivity contribution in [2.45, 2.75) is 32.4 Å². The Morgan fingerprint density at radius 2 is 2.15 bits per heavy atom. The molecular weight excluding hydrogens is 250 g/mol. The molecule has 0 spiro atoms. The molecule has 108 valence electrons. The van der Waals surface area contributed by atoms with Gasteiger partial charge in [-0.25, -0.2) is 0 Å². The Hall–Kier alpha value is -1.57. The van der Waals surface area contributed by atoms with E-state index in [0.29, 0.717) is 17.4 Å². The third kappa shape index (κ3) is 3.96. The largest absolute Gasteiger partial charge is 0.495 e. The lowest BCUT2D eigenvalue weighted by atomic mass is 10.1. The molecule has 0 aliphatic carbocycles. The zero-order chi connectivity index (χ0) is 14.4. The third-order valence-electron chi connectivity index (χ3n) is 3.77. The van der Waals surface area contributed by atoms with Gasteiger partial charge in [0.2, 0.25) is 0 Å². The molecule has 0 bridgehead atoms. The maximum atomic E-state index is 9.08. The van der Waals surface area contributed by atoms with Crippen molar-refractivity contribution in [2.75, 3.05) is 26.7 Å². The molecule has 1 atom stereocenters. The lowest BCUT2D eigenvalue weighted by molar-refractivity contribution is 0.298. The highest BCUT2D eigenvalue weighted by atomic mass is 16.5. The van der Waals surface area contributed by atoms with Gasteiger partial charge in [-0.3, -0.25) is 0 Å². The number of likely N-dealkylation sites (tertiary alicyclic amines) is 1. The minimum atomic E-state index is 0.459. The Balaban J connectivity index is 1.85. The summed E-state index contributed by atoms with van der Waals surface area (Å²) in [6.45, 7) is 6.56. The maximum Gasteiger partial charge on any atom is 0.136 e. The summed E-state index contributed by atoms with van der Waals surface area (Å²) in [5.41, 5.74) is 1.72. The van der Waals surface area contributed by atoms with Gasteiger partial charge in [0, 0.05) is 19.1 Å². The summed E-state index contributed by atoms with van der Waals surface area (Å²) in [6, 6.07) is 8.40. The molecule has 1 unspecified atom stereocenters. The molecule has 1 saturated heterocycles. The van der Waals surface area contributed by atoms with Crippen LogP contribution >= 0.6 is 0 Å². The van der Waals surface area contributed by atoms with E-state index >= 15 is 0 Å². The number of rotatable bonds is 6. The smallest absolute Gasteiger partial charge is 0.136 e. The number of nitrogens with zero attached hydrogens (tertiary/aromatic N) is 2. The molecule has 2 rings (SSSR count). The Kier molecular flexibility index (Phi) is 5.40. The average molecular weight is 273 g/mol. The Morgan fingerprint density at radius 1 is 1.40 bits per heavy atom. The molecule has 1 aliphatic heterocycles. The average Bonchev–Trinajstić information content (AvgIpc) is 2.97. The van der Waals surface area contributed by atoms with Crippen LogP contribution in [0.2, 0.25) is 0 Å². The van der Waals surface area contributed by atoms with Crippen LogP contribution in [-0.2, 0) is 6.54 Å². The summed E-state index contributed by atoms with van der Waals surface area (Å²) in [7, 11) is 1.59. The van der Waals surface area contributed by atoms with E-state index in [-0.39, 0.29) is 0 Å². The van der Waals surface area contributed by atoms with Gasteiger partial charge in [-0.2, -0.15) is 5.26 Å². The highest BCUT2D eigenvalue weighted by Gasteiger charge is 2.14. The predicted molar refractivity (Wildman–Crippen MR) is 79.7 cm³/mol. The normalized spacial score (nSPS) is 16.9. The first kappa shape index (κ1) is 14.8. The van der Waals surface area contributed by atoms with Gasteiger partial charge in [0.15, 0.2) is 0 Å². The Labute approximate surface area is 121 Å². The summed E-state index contributed by atoms with van der Waals surface area (Å²) < 4.78 is 5.16. The zero-order valence-corrected chi connectivity index (χ0v) is 12.4. The minimum absolute atomic E-state index is 0.459. The second kappa shape index (κ2) is 7.28. The van der Waals surface area contributed by atoms with Crippen LogP contribution in [0, 0.1) is 11.3 Å². The number of methoxy groups -OCH3 is 1. The quantitative estimate of drug-likeness (QED) is 0.862. The number of ether oxygens (including phenoxy) is 1. The second-order valence-electron chi connectivity index (χ2n) is 5.44. The van der Waals surface area contributed by atoms with Gasteiger partial charge in [0.1, 0.15) is 11.8 Å². The van der Waals surface area contributed by atoms with Crippen LogP contribution in [0.4, 0.5) is 0 Å². The number of nitriles is 1.